The first-order valence-electron chi connectivity index (χ1n) is 8.04. The first kappa shape index (κ1) is 19.7. The molecule has 1 amide bonds. The van der Waals surface area contributed by atoms with E-state index in [-0.39, 0.29) is 23.3 Å². The predicted molar refractivity (Wildman–Crippen MR) is 92.5 cm³/mol. The Morgan fingerprint density at radius 3 is 2.52 bits per heavy atom. The Hall–Kier alpha value is -1.32. The molecule has 0 unspecified atom stereocenters. The molecule has 1 N–H and O–H groups in total. The largest absolute Gasteiger partial charge is 0.467 e. The average Bonchev–Trinajstić information content (AvgIpc) is 2.98. The minimum atomic E-state index is -1.73. The van der Waals surface area contributed by atoms with Crippen molar-refractivity contribution in [3.63, 3.8) is 0 Å². The second kappa shape index (κ2) is 7.98. The van der Waals surface area contributed by atoms with Crippen LogP contribution in [-0.4, -0.2) is 46.3 Å². The summed E-state index contributed by atoms with van der Waals surface area (Å²) >= 11 is 0. The van der Waals surface area contributed by atoms with Crippen molar-refractivity contribution in [2.24, 2.45) is 5.92 Å². The number of hydrogen-bond donors (Lipinski definition) is 1. The molecule has 23 heavy (non-hydrogen) atoms. The van der Waals surface area contributed by atoms with Crippen LogP contribution in [0, 0.1) is 17.4 Å². The summed E-state index contributed by atoms with van der Waals surface area (Å²) in [5.41, 5.74) is 3.36. The highest BCUT2D eigenvalue weighted by Crippen LogP contribution is 2.35. The fraction of sp³-hybridized carbons (Fsp3) is 0.765. The van der Waals surface area contributed by atoms with Gasteiger partial charge in [-0.05, 0) is 11.5 Å². The molecule has 2 atom stereocenters. The summed E-state index contributed by atoms with van der Waals surface area (Å²) < 4.78 is 9.99. The molecule has 0 spiro atoms. The third kappa shape index (κ3) is 5.67. The van der Waals surface area contributed by atoms with Crippen molar-refractivity contribution in [1.29, 1.82) is 0 Å². The summed E-state index contributed by atoms with van der Waals surface area (Å²) in [6, 6.07) is -0.717. The van der Waals surface area contributed by atoms with Crippen LogP contribution >= 0.6 is 0 Å². The number of rotatable bonds is 4. The fourth-order valence-corrected chi connectivity index (χ4v) is 2.85. The Morgan fingerprint density at radius 1 is 1.39 bits per heavy atom. The maximum absolute atomic E-state index is 12.2. The van der Waals surface area contributed by atoms with E-state index in [0.29, 0.717) is 19.6 Å². The number of esters is 1. The quantitative estimate of drug-likeness (QED) is 0.484. The van der Waals surface area contributed by atoms with E-state index in [0.717, 1.165) is 0 Å². The highest BCUT2D eigenvalue weighted by molar-refractivity contribution is 6.87. The molecular formula is C17H29NO4Si. The fourth-order valence-electron chi connectivity index (χ4n) is 1.93. The lowest BCUT2D eigenvalue weighted by atomic mass is 10.1. The highest BCUT2D eigenvalue weighted by atomic mass is 28.3. The van der Waals surface area contributed by atoms with Crippen LogP contribution in [0.5, 0.6) is 0 Å². The van der Waals surface area contributed by atoms with E-state index in [9.17, 15) is 9.59 Å². The van der Waals surface area contributed by atoms with Crippen molar-refractivity contribution < 1.29 is 19.1 Å². The van der Waals surface area contributed by atoms with Crippen LogP contribution in [0.25, 0.3) is 0 Å². The van der Waals surface area contributed by atoms with E-state index in [1.807, 2.05) is 0 Å². The van der Waals surface area contributed by atoms with Gasteiger partial charge in [-0.1, -0.05) is 33.9 Å². The molecule has 1 rings (SSSR count). The van der Waals surface area contributed by atoms with E-state index in [1.165, 1.54) is 7.11 Å². The zero-order valence-electron chi connectivity index (χ0n) is 15.1. The van der Waals surface area contributed by atoms with Crippen LogP contribution in [0.15, 0.2) is 0 Å². The minimum absolute atomic E-state index is 0.158. The SMILES string of the molecule is COC(=O)[C@H](CC#C[Si](C)(C)C(C)(C)C)NC(=O)[C@@H]1CCOC1. The van der Waals surface area contributed by atoms with Crippen molar-refractivity contribution in [3.05, 3.63) is 0 Å². The van der Waals surface area contributed by atoms with Crippen LogP contribution < -0.4 is 5.32 Å². The number of amides is 1. The second-order valence-corrected chi connectivity index (χ2v) is 12.5. The molecule has 0 aliphatic carbocycles. The molecule has 1 heterocycles. The summed E-state index contributed by atoms with van der Waals surface area (Å²) in [6.45, 7) is 12.0. The molecule has 0 radical (unpaired) electrons. The lowest BCUT2D eigenvalue weighted by molar-refractivity contribution is -0.145. The third-order valence-corrected chi connectivity index (χ3v) is 9.24. The molecule has 6 heteroatoms. The molecule has 0 aromatic rings. The minimum Gasteiger partial charge on any atom is -0.467 e. The molecule has 1 aliphatic rings. The van der Waals surface area contributed by atoms with E-state index in [2.05, 4.69) is 50.6 Å². The van der Waals surface area contributed by atoms with E-state index >= 15 is 0 Å². The Kier molecular flexibility index (Phi) is 6.84. The Morgan fingerprint density at radius 2 is 2.04 bits per heavy atom. The monoisotopic (exact) mass is 339 g/mol. The summed E-state index contributed by atoms with van der Waals surface area (Å²) in [4.78, 5) is 24.0. The van der Waals surface area contributed by atoms with Gasteiger partial charge in [-0.25, -0.2) is 4.79 Å². The predicted octanol–water partition coefficient (Wildman–Crippen LogP) is 2.12. The van der Waals surface area contributed by atoms with Gasteiger partial charge in [-0.3, -0.25) is 4.79 Å². The first-order valence-corrected chi connectivity index (χ1v) is 11.0. The Labute approximate surface area is 140 Å². The maximum atomic E-state index is 12.2. The van der Waals surface area contributed by atoms with Crippen molar-refractivity contribution in [1.82, 2.24) is 5.32 Å². The van der Waals surface area contributed by atoms with Gasteiger partial charge in [-0.2, -0.15) is 0 Å². The summed E-state index contributed by atoms with van der Waals surface area (Å²) in [5, 5.41) is 2.91. The van der Waals surface area contributed by atoms with Crippen molar-refractivity contribution >= 4 is 20.0 Å². The lowest BCUT2D eigenvalue weighted by Gasteiger charge is -2.31. The Bertz CT molecular complexity index is 493. The van der Waals surface area contributed by atoms with Crippen molar-refractivity contribution in [3.8, 4) is 11.5 Å². The van der Waals surface area contributed by atoms with Gasteiger partial charge in [0.1, 0.15) is 14.1 Å². The van der Waals surface area contributed by atoms with Crippen LogP contribution in [0.1, 0.15) is 33.6 Å². The molecule has 130 valence electrons. The van der Waals surface area contributed by atoms with Gasteiger partial charge in [0.25, 0.3) is 0 Å². The topological polar surface area (TPSA) is 64.6 Å². The van der Waals surface area contributed by atoms with E-state index < -0.39 is 20.1 Å². The standard InChI is InChI=1S/C17H29NO4Si/c1-17(2,3)23(5,6)11-7-8-14(16(20)21-4)18-15(19)13-9-10-22-12-13/h13-14H,8-10,12H2,1-6H3,(H,18,19)/t13-,14+/m1/s1. The number of nitrogens with one attached hydrogen (secondary N) is 1. The van der Waals surface area contributed by atoms with E-state index in [4.69, 9.17) is 9.47 Å². The number of hydrogen-bond acceptors (Lipinski definition) is 4. The summed E-state index contributed by atoms with van der Waals surface area (Å²) in [5.74, 6) is 2.31. The van der Waals surface area contributed by atoms with Crippen LogP contribution in [0.2, 0.25) is 18.1 Å². The lowest BCUT2D eigenvalue weighted by Crippen LogP contribution is -2.44. The van der Waals surface area contributed by atoms with Gasteiger partial charge < -0.3 is 14.8 Å². The maximum Gasteiger partial charge on any atom is 0.329 e. The highest BCUT2D eigenvalue weighted by Gasteiger charge is 2.34. The Balaban J connectivity index is 2.73. The average molecular weight is 340 g/mol. The van der Waals surface area contributed by atoms with Crippen LogP contribution in [0.4, 0.5) is 0 Å². The molecule has 0 saturated carbocycles. The number of methoxy groups -OCH3 is 1. The van der Waals surface area contributed by atoms with E-state index in [1.54, 1.807) is 0 Å². The first-order chi connectivity index (χ1) is 10.6. The van der Waals surface area contributed by atoms with Gasteiger partial charge in [0.15, 0.2) is 0 Å². The zero-order valence-corrected chi connectivity index (χ0v) is 16.1. The molecule has 0 aromatic carbocycles. The van der Waals surface area contributed by atoms with Crippen LogP contribution in [0.3, 0.4) is 0 Å². The van der Waals surface area contributed by atoms with Gasteiger partial charge in [-0.15, -0.1) is 11.5 Å². The molecule has 0 aromatic heterocycles. The van der Waals surface area contributed by atoms with Gasteiger partial charge in [0.2, 0.25) is 5.91 Å². The van der Waals surface area contributed by atoms with Gasteiger partial charge >= 0.3 is 5.97 Å². The third-order valence-electron chi connectivity index (χ3n) is 4.68. The number of carbonyl (C=O) groups excluding carboxylic acids is 2. The van der Waals surface area contributed by atoms with Crippen molar-refractivity contribution in [2.45, 2.75) is 57.8 Å². The molecular weight excluding hydrogens is 310 g/mol. The molecule has 5 nitrogen and oxygen atoms in total. The molecule has 1 aliphatic heterocycles. The second-order valence-electron chi connectivity index (χ2n) is 7.53. The smallest absolute Gasteiger partial charge is 0.329 e. The summed E-state index contributed by atoms with van der Waals surface area (Å²) in [6.07, 6.45) is 0.966. The zero-order chi connectivity index (χ0) is 17.7. The molecule has 1 fully saturated rings. The van der Waals surface area contributed by atoms with Crippen LogP contribution in [-0.2, 0) is 19.1 Å². The molecule has 0 bridgehead atoms. The summed E-state index contributed by atoms with van der Waals surface area (Å²) in [7, 11) is -0.407. The number of ether oxygens (including phenoxy) is 2. The normalized spacial score (nSPS) is 19.5. The molecule has 1 saturated heterocycles. The number of carbonyl (C=O) groups is 2. The van der Waals surface area contributed by atoms with Gasteiger partial charge in [0, 0.05) is 13.0 Å². The van der Waals surface area contributed by atoms with Crippen molar-refractivity contribution in [2.75, 3.05) is 20.3 Å². The van der Waals surface area contributed by atoms with Gasteiger partial charge in [0.05, 0.1) is 19.6 Å².